The number of carbonyl (C=O) groups is 1. The lowest BCUT2D eigenvalue weighted by atomic mass is 10.1. The van der Waals surface area contributed by atoms with E-state index in [4.69, 9.17) is 9.47 Å². The van der Waals surface area contributed by atoms with E-state index in [0.29, 0.717) is 30.2 Å². The Kier molecular flexibility index (Phi) is 7.67. The standard InChI is InChI=1S/C26H27NO3/c1-20(2)19-30-24-14-6-12-22(17-24)26(28)27-23-13-7-15-25(18-23)29-16-8-11-21-9-4-3-5-10-21/h3-7,9-10,12-15,17-18H,1,8,11,16,19H2,2H3,(H,27,28). The molecule has 154 valence electrons. The lowest BCUT2D eigenvalue weighted by Crippen LogP contribution is -2.12. The van der Waals surface area contributed by atoms with Gasteiger partial charge in [-0.1, -0.05) is 49.0 Å². The van der Waals surface area contributed by atoms with Crippen LogP contribution in [0.2, 0.25) is 0 Å². The maximum atomic E-state index is 12.6. The van der Waals surface area contributed by atoms with Crippen LogP contribution in [0.5, 0.6) is 11.5 Å². The van der Waals surface area contributed by atoms with Crippen LogP contribution in [0.3, 0.4) is 0 Å². The molecule has 0 saturated carbocycles. The van der Waals surface area contributed by atoms with Crippen molar-refractivity contribution >= 4 is 11.6 Å². The molecule has 30 heavy (non-hydrogen) atoms. The van der Waals surface area contributed by atoms with Gasteiger partial charge in [0, 0.05) is 17.3 Å². The van der Waals surface area contributed by atoms with E-state index < -0.39 is 0 Å². The summed E-state index contributed by atoms with van der Waals surface area (Å²) in [5.74, 6) is 1.18. The fraction of sp³-hybridized carbons (Fsp3) is 0.192. The van der Waals surface area contributed by atoms with Crippen molar-refractivity contribution < 1.29 is 14.3 Å². The highest BCUT2D eigenvalue weighted by Crippen LogP contribution is 2.20. The lowest BCUT2D eigenvalue weighted by Gasteiger charge is -2.10. The zero-order valence-corrected chi connectivity index (χ0v) is 17.3. The minimum absolute atomic E-state index is 0.197. The molecule has 0 heterocycles. The first-order chi connectivity index (χ1) is 14.6. The van der Waals surface area contributed by atoms with Gasteiger partial charge in [0.1, 0.15) is 18.1 Å². The molecule has 3 aromatic carbocycles. The second-order valence-corrected chi connectivity index (χ2v) is 7.19. The normalized spacial score (nSPS) is 10.3. The quantitative estimate of drug-likeness (QED) is 0.340. The van der Waals surface area contributed by atoms with Gasteiger partial charge in [-0.2, -0.15) is 0 Å². The van der Waals surface area contributed by atoms with Gasteiger partial charge >= 0.3 is 0 Å². The van der Waals surface area contributed by atoms with Crippen LogP contribution in [0, 0.1) is 0 Å². The average Bonchev–Trinajstić information content (AvgIpc) is 2.76. The molecule has 0 unspecified atom stereocenters. The number of hydrogen-bond acceptors (Lipinski definition) is 3. The molecule has 0 spiro atoms. The number of anilines is 1. The largest absolute Gasteiger partial charge is 0.494 e. The summed E-state index contributed by atoms with van der Waals surface area (Å²) in [6.45, 7) is 6.76. The van der Waals surface area contributed by atoms with Gasteiger partial charge in [0.15, 0.2) is 0 Å². The van der Waals surface area contributed by atoms with E-state index in [9.17, 15) is 4.79 Å². The van der Waals surface area contributed by atoms with Crippen molar-refractivity contribution in [2.24, 2.45) is 0 Å². The Morgan fingerprint density at radius 2 is 1.63 bits per heavy atom. The first-order valence-corrected chi connectivity index (χ1v) is 10.1. The fourth-order valence-electron chi connectivity index (χ4n) is 2.91. The van der Waals surface area contributed by atoms with E-state index in [1.54, 1.807) is 18.2 Å². The van der Waals surface area contributed by atoms with E-state index in [0.717, 1.165) is 24.2 Å². The van der Waals surface area contributed by atoms with Crippen LogP contribution in [0.4, 0.5) is 5.69 Å². The Bertz CT molecular complexity index is 982. The van der Waals surface area contributed by atoms with Crippen molar-refractivity contribution in [2.45, 2.75) is 19.8 Å². The number of carbonyl (C=O) groups excluding carboxylic acids is 1. The Labute approximate surface area is 178 Å². The van der Waals surface area contributed by atoms with Crippen LogP contribution in [0.25, 0.3) is 0 Å². The molecule has 0 radical (unpaired) electrons. The van der Waals surface area contributed by atoms with Crippen LogP contribution in [0.15, 0.2) is 91.0 Å². The van der Waals surface area contributed by atoms with Gasteiger partial charge in [-0.3, -0.25) is 4.79 Å². The van der Waals surface area contributed by atoms with E-state index in [2.05, 4.69) is 24.0 Å². The van der Waals surface area contributed by atoms with E-state index in [-0.39, 0.29) is 5.91 Å². The maximum absolute atomic E-state index is 12.6. The molecule has 3 aromatic rings. The Hall–Kier alpha value is -3.53. The predicted molar refractivity (Wildman–Crippen MR) is 121 cm³/mol. The highest BCUT2D eigenvalue weighted by molar-refractivity contribution is 6.04. The number of amides is 1. The first-order valence-electron chi connectivity index (χ1n) is 10.1. The molecule has 3 rings (SSSR count). The second kappa shape index (κ2) is 10.9. The van der Waals surface area contributed by atoms with Crippen molar-refractivity contribution in [3.8, 4) is 11.5 Å². The summed E-state index contributed by atoms with van der Waals surface area (Å²) < 4.78 is 11.5. The van der Waals surface area contributed by atoms with Crippen molar-refractivity contribution in [2.75, 3.05) is 18.5 Å². The van der Waals surface area contributed by atoms with E-state index >= 15 is 0 Å². The minimum Gasteiger partial charge on any atom is -0.494 e. The fourth-order valence-corrected chi connectivity index (χ4v) is 2.91. The molecule has 4 heteroatoms. The summed E-state index contributed by atoms with van der Waals surface area (Å²) >= 11 is 0. The SMILES string of the molecule is C=C(C)COc1cccc(C(=O)Nc2cccc(OCCCc3ccccc3)c2)c1. The molecule has 0 fully saturated rings. The van der Waals surface area contributed by atoms with Crippen molar-refractivity contribution in [1.82, 2.24) is 0 Å². The molecular formula is C26H27NO3. The van der Waals surface area contributed by atoms with Gasteiger partial charge < -0.3 is 14.8 Å². The molecule has 0 bridgehead atoms. The number of benzene rings is 3. The number of hydrogen-bond donors (Lipinski definition) is 1. The molecular weight excluding hydrogens is 374 g/mol. The van der Waals surface area contributed by atoms with Crippen LogP contribution in [-0.2, 0) is 6.42 Å². The van der Waals surface area contributed by atoms with Gasteiger partial charge in [-0.25, -0.2) is 0 Å². The molecule has 0 aliphatic carbocycles. The van der Waals surface area contributed by atoms with E-state index in [1.165, 1.54) is 5.56 Å². The number of rotatable bonds is 10. The van der Waals surface area contributed by atoms with Crippen molar-refractivity contribution in [1.29, 1.82) is 0 Å². The molecule has 0 aromatic heterocycles. The molecule has 0 saturated heterocycles. The number of nitrogens with one attached hydrogen (secondary N) is 1. The summed E-state index contributed by atoms with van der Waals surface area (Å²) in [5, 5.41) is 2.91. The van der Waals surface area contributed by atoms with Gasteiger partial charge in [-0.05, 0) is 61.2 Å². The Balaban J connectivity index is 1.52. The maximum Gasteiger partial charge on any atom is 0.255 e. The first kappa shape index (κ1) is 21.2. The van der Waals surface area contributed by atoms with Crippen molar-refractivity contribution in [3.63, 3.8) is 0 Å². The molecule has 0 aliphatic rings. The van der Waals surface area contributed by atoms with Crippen LogP contribution < -0.4 is 14.8 Å². The van der Waals surface area contributed by atoms with Gasteiger partial charge in [0.2, 0.25) is 0 Å². The summed E-state index contributed by atoms with van der Waals surface area (Å²) in [7, 11) is 0. The van der Waals surface area contributed by atoms with Crippen LogP contribution in [0.1, 0.15) is 29.3 Å². The molecule has 1 amide bonds. The third kappa shape index (κ3) is 6.82. The highest BCUT2D eigenvalue weighted by Gasteiger charge is 2.08. The van der Waals surface area contributed by atoms with Crippen molar-refractivity contribution in [3.05, 3.63) is 102 Å². The zero-order valence-electron chi connectivity index (χ0n) is 17.3. The zero-order chi connectivity index (χ0) is 21.2. The van der Waals surface area contributed by atoms with Crippen LogP contribution >= 0.6 is 0 Å². The van der Waals surface area contributed by atoms with Crippen LogP contribution in [-0.4, -0.2) is 19.1 Å². The lowest BCUT2D eigenvalue weighted by molar-refractivity contribution is 0.102. The summed E-state index contributed by atoms with van der Waals surface area (Å²) in [4.78, 5) is 12.6. The molecule has 0 aliphatic heterocycles. The van der Waals surface area contributed by atoms with Gasteiger partial charge in [0.05, 0.1) is 6.61 Å². The van der Waals surface area contributed by atoms with Gasteiger partial charge in [0.25, 0.3) is 5.91 Å². The summed E-state index contributed by atoms with van der Waals surface area (Å²) in [6.07, 6.45) is 1.90. The Morgan fingerprint density at radius 3 is 2.40 bits per heavy atom. The monoisotopic (exact) mass is 401 g/mol. The molecule has 0 atom stereocenters. The predicted octanol–water partition coefficient (Wildman–Crippen LogP) is 5.91. The molecule has 1 N–H and O–H groups in total. The van der Waals surface area contributed by atoms with E-state index in [1.807, 2.05) is 55.5 Å². The molecule has 4 nitrogen and oxygen atoms in total. The third-order valence-electron chi connectivity index (χ3n) is 4.39. The topological polar surface area (TPSA) is 47.6 Å². The average molecular weight is 402 g/mol. The smallest absolute Gasteiger partial charge is 0.255 e. The minimum atomic E-state index is -0.197. The number of ether oxygens (including phenoxy) is 2. The Morgan fingerprint density at radius 1 is 0.900 bits per heavy atom. The highest BCUT2D eigenvalue weighted by atomic mass is 16.5. The second-order valence-electron chi connectivity index (χ2n) is 7.19. The number of aryl methyl sites for hydroxylation is 1. The third-order valence-corrected chi connectivity index (χ3v) is 4.39. The summed E-state index contributed by atoms with van der Waals surface area (Å²) in [5.41, 5.74) is 3.44. The van der Waals surface area contributed by atoms with Gasteiger partial charge in [-0.15, -0.1) is 0 Å². The summed E-state index contributed by atoms with van der Waals surface area (Å²) in [6, 6.07) is 24.9.